The summed E-state index contributed by atoms with van der Waals surface area (Å²) in [7, 11) is 1.55. The third kappa shape index (κ3) is 3.70. The van der Waals surface area contributed by atoms with Crippen LogP contribution in [-0.4, -0.2) is 18.0 Å². The maximum Gasteiger partial charge on any atom is 0.343 e. The van der Waals surface area contributed by atoms with Gasteiger partial charge in [-0.05, 0) is 29.8 Å². The van der Waals surface area contributed by atoms with Gasteiger partial charge in [-0.15, -0.1) is 0 Å². The molecule has 1 N–H and O–H groups in total. The van der Waals surface area contributed by atoms with Gasteiger partial charge in [0.25, 0.3) is 0 Å². The molecular formula is C25H20O5. The van der Waals surface area contributed by atoms with E-state index in [0.29, 0.717) is 27.8 Å². The summed E-state index contributed by atoms with van der Waals surface area (Å²) in [5, 5.41) is 11.4. The van der Waals surface area contributed by atoms with Crippen molar-refractivity contribution in [3.8, 4) is 11.5 Å². The minimum atomic E-state index is -0.700. The molecule has 1 atom stereocenters. The second kappa shape index (κ2) is 8.25. The van der Waals surface area contributed by atoms with Crippen LogP contribution in [0.1, 0.15) is 33.8 Å². The smallest absolute Gasteiger partial charge is 0.343 e. The summed E-state index contributed by atoms with van der Waals surface area (Å²) >= 11 is 0. The summed E-state index contributed by atoms with van der Waals surface area (Å²) in [4.78, 5) is 25.9. The molecule has 1 heterocycles. The molecule has 4 aromatic rings. The van der Waals surface area contributed by atoms with Gasteiger partial charge < -0.3 is 14.3 Å². The van der Waals surface area contributed by atoms with Crippen molar-refractivity contribution in [1.29, 1.82) is 0 Å². The SMILES string of the molecule is COc1cccc([C@H](CC(=O)c2ccccc2)c2c(O)c3ccccc3oc2=O)c1. The molecule has 0 amide bonds. The Morgan fingerprint density at radius 1 is 1.00 bits per heavy atom. The number of ketones is 1. The molecule has 0 aliphatic rings. The zero-order valence-electron chi connectivity index (χ0n) is 16.4. The van der Waals surface area contributed by atoms with E-state index in [9.17, 15) is 14.7 Å². The first-order valence-corrected chi connectivity index (χ1v) is 9.55. The van der Waals surface area contributed by atoms with Gasteiger partial charge in [0.1, 0.15) is 17.1 Å². The van der Waals surface area contributed by atoms with Crippen molar-refractivity contribution in [1.82, 2.24) is 0 Å². The van der Waals surface area contributed by atoms with Gasteiger partial charge in [-0.1, -0.05) is 54.6 Å². The Morgan fingerprint density at radius 3 is 2.50 bits per heavy atom. The number of rotatable bonds is 6. The number of ether oxygens (including phenoxy) is 1. The van der Waals surface area contributed by atoms with Crippen molar-refractivity contribution in [3.63, 3.8) is 0 Å². The predicted octanol–water partition coefficient (Wildman–Crippen LogP) is 4.91. The van der Waals surface area contributed by atoms with Crippen LogP contribution in [-0.2, 0) is 0 Å². The Balaban J connectivity index is 1.88. The summed E-state index contributed by atoms with van der Waals surface area (Å²) in [6, 6.07) is 22.8. The number of carbonyl (C=O) groups excluding carboxylic acids is 1. The van der Waals surface area contributed by atoms with Crippen LogP contribution >= 0.6 is 0 Å². The fourth-order valence-electron chi connectivity index (χ4n) is 3.63. The van der Waals surface area contributed by atoms with E-state index in [1.807, 2.05) is 6.07 Å². The highest BCUT2D eigenvalue weighted by Gasteiger charge is 2.27. The number of fused-ring (bicyclic) bond motifs is 1. The van der Waals surface area contributed by atoms with Crippen LogP contribution in [0.5, 0.6) is 11.5 Å². The van der Waals surface area contributed by atoms with E-state index in [1.54, 1.807) is 79.9 Å². The van der Waals surface area contributed by atoms with E-state index >= 15 is 0 Å². The normalized spacial score (nSPS) is 11.9. The molecule has 150 valence electrons. The quantitative estimate of drug-likeness (QED) is 0.367. The second-order valence-electron chi connectivity index (χ2n) is 6.97. The van der Waals surface area contributed by atoms with Gasteiger partial charge in [0.2, 0.25) is 0 Å². The zero-order chi connectivity index (χ0) is 21.1. The summed E-state index contributed by atoms with van der Waals surface area (Å²) in [6.45, 7) is 0. The molecular weight excluding hydrogens is 380 g/mol. The molecule has 0 saturated carbocycles. The third-order valence-corrected chi connectivity index (χ3v) is 5.15. The van der Waals surface area contributed by atoms with Crippen LogP contribution in [0.2, 0.25) is 0 Å². The standard InChI is InChI=1S/C25H20O5/c1-29-18-11-7-10-17(14-18)20(15-21(26)16-8-3-2-4-9-16)23-24(27)19-12-5-6-13-22(19)30-25(23)28/h2-14,20,27H,15H2,1H3/t20-/m0/s1. The number of Topliss-reactive ketones (excluding diaryl/α,β-unsaturated/α-hetero) is 1. The van der Waals surface area contributed by atoms with Crippen molar-refractivity contribution < 1.29 is 19.1 Å². The molecule has 30 heavy (non-hydrogen) atoms. The van der Waals surface area contributed by atoms with Gasteiger partial charge in [-0.25, -0.2) is 4.79 Å². The molecule has 5 nitrogen and oxygen atoms in total. The van der Waals surface area contributed by atoms with Crippen LogP contribution in [0.15, 0.2) is 88.1 Å². The first kappa shape index (κ1) is 19.5. The summed E-state index contributed by atoms with van der Waals surface area (Å²) in [5.74, 6) is -0.422. The van der Waals surface area contributed by atoms with E-state index in [4.69, 9.17) is 9.15 Å². The molecule has 0 unspecified atom stereocenters. The molecule has 4 rings (SSSR count). The highest BCUT2D eigenvalue weighted by Crippen LogP contribution is 2.37. The highest BCUT2D eigenvalue weighted by molar-refractivity contribution is 5.97. The lowest BCUT2D eigenvalue weighted by Gasteiger charge is -2.19. The van der Waals surface area contributed by atoms with Gasteiger partial charge in [-0.3, -0.25) is 4.79 Å². The Labute approximate surface area is 173 Å². The molecule has 5 heteroatoms. The number of aromatic hydroxyl groups is 1. The van der Waals surface area contributed by atoms with Crippen LogP contribution in [0.4, 0.5) is 0 Å². The molecule has 0 saturated heterocycles. The predicted molar refractivity (Wildman–Crippen MR) is 114 cm³/mol. The third-order valence-electron chi connectivity index (χ3n) is 5.15. The number of benzene rings is 3. The van der Waals surface area contributed by atoms with E-state index in [0.717, 1.165) is 0 Å². The molecule has 0 radical (unpaired) electrons. The largest absolute Gasteiger partial charge is 0.507 e. The number of carbonyl (C=O) groups is 1. The number of para-hydroxylation sites is 1. The van der Waals surface area contributed by atoms with Gasteiger partial charge in [0, 0.05) is 17.9 Å². The summed E-state index contributed by atoms with van der Waals surface area (Å²) in [6.07, 6.45) is -0.00611. The van der Waals surface area contributed by atoms with E-state index in [1.165, 1.54) is 0 Å². The maximum absolute atomic E-state index is 13.0. The van der Waals surface area contributed by atoms with Crippen molar-refractivity contribution >= 4 is 16.8 Å². The average molecular weight is 400 g/mol. The Bertz CT molecular complexity index is 1260. The Morgan fingerprint density at radius 2 is 1.73 bits per heavy atom. The van der Waals surface area contributed by atoms with Gasteiger partial charge in [0.05, 0.1) is 18.1 Å². The summed E-state index contributed by atoms with van der Waals surface area (Å²) in [5.41, 5.74) is 0.903. The van der Waals surface area contributed by atoms with Gasteiger partial charge in [0.15, 0.2) is 5.78 Å². The molecule has 0 fully saturated rings. The second-order valence-corrected chi connectivity index (χ2v) is 6.97. The van der Waals surface area contributed by atoms with Crippen molar-refractivity contribution in [2.24, 2.45) is 0 Å². The van der Waals surface area contributed by atoms with E-state index in [-0.39, 0.29) is 23.5 Å². The minimum Gasteiger partial charge on any atom is -0.507 e. The number of hydrogen-bond donors (Lipinski definition) is 1. The highest BCUT2D eigenvalue weighted by atomic mass is 16.5. The molecule has 0 aliphatic heterocycles. The molecule has 0 aliphatic carbocycles. The van der Waals surface area contributed by atoms with Crippen molar-refractivity contribution in [2.45, 2.75) is 12.3 Å². The monoisotopic (exact) mass is 400 g/mol. The van der Waals surface area contributed by atoms with E-state index < -0.39 is 11.5 Å². The fraction of sp³-hybridized carbons (Fsp3) is 0.120. The lowest BCUT2D eigenvalue weighted by molar-refractivity contribution is 0.0977. The fourth-order valence-corrected chi connectivity index (χ4v) is 3.63. The van der Waals surface area contributed by atoms with Crippen LogP contribution in [0.25, 0.3) is 11.0 Å². The number of methoxy groups -OCH3 is 1. The lowest BCUT2D eigenvalue weighted by atomic mass is 9.85. The Hall–Kier alpha value is -3.86. The van der Waals surface area contributed by atoms with Crippen LogP contribution in [0, 0.1) is 0 Å². The minimum absolute atomic E-state index is 0.00611. The van der Waals surface area contributed by atoms with Crippen molar-refractivity contribution in [2.75, 3.05) is 7.11 Å². The van der Waals surface area contributed by atoms with Gasteiger partial charge >= 0.3 is 5.63 Å². The van der Waals surface area contributed by atoms with E-state index in [2.05, 4.69) is 0 Å². The first-order chi connectivity index (χ1) is 14.6. The Kier molecular flexibility index (Phi) is 5.35. The maximum atomic E-state index is 13.0. The summed E-state index contributed by atoms with van der Waals surface area (Å²) < 4.78 is 10.8. The molecule has 1 aromatic heterocycles. The average Bonchev–Trinajstić information content (AvgIpc) is 2.79. The number of hydrogen-bond acceptors (Lipinski definition) is 5. The van der Waals surface area contributed by atoms with Crippen LogP contribution < -0.4 is 10.4 Å². The molecule has 0 spiro atoms. The van der Waals surface area contributed by atoms with Gasteiger partial charge in [-0.2, -0.15) is 0 Å². The lowest BCUT2D eigenvalue weighted by Crippen LogP contribution is -2.17. The zero-order valence-corrected chi connectivity index (χ0v) is 16.4. The molecule has 0 bridgehead atoms. The molecule has 3 aromatic carbocycles. The van der Waals surface area contributed by atoms with Crippen LogP contribution in [0.3, 0.4) is 0 Å². The topological polar surface area (TPSA) is 76.7 Å². The van der Waals surface area contributed by atoms with Crippen molar-refractivity contribution in [3.05, 3.63) is 106 Å². The first-order valence-electron chi connectivity index (χ1n) is 9.55.